The van der Waals surface area contributed by atoms with E-state index >= 15 is 0 Å². The molecule has 0 aliphatic rings. The highest BCUT2D eigenvalue weighted by Crippen LogP contribution is 2.22. The number of hydrogen-bond donors (Lipinski definition) is 3. The summed E-state index contributed by atoms with van der Waals surface area (Å²) in [6.45, 7) is 0.628. The fourth-order valence-electron chi connectivity index (χ4n) is 2.19. The number of aromatic nitrogens is 2. The minimum absolute atomic E-state index is 0.319. The largest absolute Gasteiger partial charge is 0.381 e. The normalized spacial score (nSPS) is 10.7. The smallest absolute Gasteiger partial charge is 0.250 e. The zero-order chi connectivity index (χ0) is 14.8. The first-order chi connectivity index (χ1) is 10.1. The van der Waals surface area contributed by atoms with Crippen LogP contribution in [0.2, 0.25) is 5.02 Å². The Bertz CT molecular complexity index is 812. The Kier molecular flexibility index (Phi) is 3.50. The number of amides is 1. The molecule has 3 rings (SSSR count). The molecule has 2 heterocycles. The van der Waals surface area contributed by atoms with Gasteiger partial charge in [-0.25, -0.2) is 4.98 Å². The quantitative estimate of drug-likeness (QED) is 0.692. The molecule has 1 aromatic carbocycles. The van der Waals surface area contributed by atoms with Crippen LogP contribution in [0.1, 0.15) is 15.9 Å². The Morgan fingerprint density at radius 3 is 2.95 bits per heavy atom. The Morgan fingerprint density at radius 1 is 1.33 bits per heavy atom. The van der Waals surface area contributed by atoms with Crippen molar-refractivity contribution in [3.63, 3.8) is 0 Å². The van der Waals surface area contributed by atoms with Gasteiger partial charge >= 0.3 is 0 Å². The van der Waals surface area contributed by atoms with E-state index in [0.29, 0.717) is 17.1 Å². The van der Waals surface area contributed by atoms with Gasteiger partial charge in [0.1, 0.15) is 5.65 Å². The second-order valence-corrected chi connectivity index (χ2v) is 5.03. The van der Waals surface area contributed by atoms with Gasteiger partial charge in [-0.05, 0) is 35.9 Å². The Hall–Kier alpha value is -2.53. The number of carbonyl (C=O) groups is 1. The van der Waals surface area contributed by atoms with Crippen LogP contribution >= 0.6 is 11.6 Å². The Labute approximate surface area is 126 Å². The monoisotopic (exact) mass is 300 g/mol. The van der Waals surface area contributed by atoms with Gasteiger partial charge in [0, 0.05) is 30.0 Å². The molecule has 0 aliphatic heterocycles. The number of pyridine rings is 1. The summed E-state index contributed by atoms with van der Waals surface area (Å²) in [7, 11) is 0. The van der Waals surface area contributed by atoms with Crippen molar-refractivity contribution < 1.29 is 4.79 Å². The molecular formula is C15H13ClN4O. The van der Waals surface area contributed by atoms with Crippen LogP contribution in [-0.2, 0) is 6.54 Å². The van der Waals surface area contributed by atoms with Gasteiger partial charge in [-0.15, -0.1) is 0 Å². The first kappa shape index (κ1) is 13.5. The van der Waals surface area contributed by atoms with Gasteiger partial charge in [0.25, 0.3) is 0 Å². The van der Waals surface area contributed by atoms with Crippen LogP contribution in [0.3, 0.4) is 0 Å². The van der Waals surface area contributed by atoms with Crippen molar-refractivity contribution in [3.05, 3.63) is 58.9 Å². The molecule has 0 saturated carbocycles. The van der Waals surface area contributed by atoms with Gasteiger partial charge in [-0.3, -0.25) is 4.79 Å². The van der Waals surface area contributed by atoms with Crippen LogP contribution in [0.5, 0.6) is 0 Å². The SMILES string of the molecule is NC(=O)c1ccc(NCc2ccnc3[nH]ccc23)cc1Cl. The van der Waals surface area contributed by atoms with E-state index in [1.807, 2.05) is 18.3 Å². The molecule has 0 unspecified atom stereocenters. The van der Waals surface area contributed by atoms with Crippen LogP contribution in [-0.4, -0.2) is 15.9 Å². The second-order valence-electron chi connectivity index (χ2n) is 4.62. The molecule has 6 heteroatoms. The fourth-order valence-corrected chi connectivity index (χ4v) is 2.47. The Balaban J connectivity index is 1.80. The van der Waals surface area contributed by atoms with Crippen molar-refractivity contribution in [2.45, 2.75) is 6.54 Å². The number of primary amides is 1. The molecule has 0 spiro atoms. The molecule has 3 aromatic rings. The van der Waals surface area contributed by atoms with Gasteiger partial charge in [0.05, 0.1) is 10.6 Å². The summed E-state index contributed by atoms with van der Waals surface area (Å²) in [5.41, 5.74) is 8.35. The van der Waals surface area contributed by atoms with E-state index in [0.717, 1.165) is 22.3 Å². The van der Waals surface area contributed by atoms with Crippen molar-refractivity contribution in [3.8, 4) is 0 Å². The number of hydrogen-bond acceptors (Lipinski definition) is 3. The third kappa shape index (κ3) is 2.68. The first-order valence-electron chi connectivity index (χ1n) is 6.39. The summed E-state index contributed by atoms with van der Waals surface area (Å²) in [6.07, 6.45) is 3.62. The number of fused-ring (bicyclic) bond motifs is 1. The average molecular weight is 301 g/mol. The highest BCUT2D eigenvalue weighted by molar-refractivity contribution is 6.34. The van der Waals surface area contributed by atoms with Crippen molar-refractivity contribution in [1.82, 2.24) is 9.97 Å². The lowest BCUT2D eigenvalue weighted by Crippen LogP contribution is -2.11. The van der Waals surface area contributed by atoms with E-state index in [4.69, 9.17) is 17.3 Å². The van der Waals surface area contributed by atoms with Crippen LogP contribution in [0.15, 0.2) is 42.7 Å². The summed E-state index contributed by atoms with van der Waals surface area (Å²) >= 11 is 6.03. The number of halogens is 1. The molecule has 0 radical (unpaired) electrons. The molecule has 5 nitrogen and oxygen atoms in total. The summed E-state index contributed by atoms with van der Waals surface area (Å²) in [4.78, 5) is 18.5. The van der Waals surface area contributed by atoms with Crippen molar-refractivity contribution in [2.75, 3.05) is 5.32 Å². The predicted octanol–water partition coefficient (Wildman–Crippen LogP) is 2.93. The summed E-state index contributed by atoms with van der Waals surface area (Å²) in [5.74, 6) is -0.533. The van der Waals surface area contributed by atoms with E-state index in [-0.39, 0.29) is 0 Å². The van der Waals surface area contributed by atoms with Gasteiger partial charge in [-0.1, -0.05) is 11.6 Å². The number of carbonyl (C=O) groups excluding carboxylic acids is 1. The van der Waals surface area contributed by atoms with Gasteiger partial charge < -0.3 is 16.0 Å². The zero-order valence-electron chi connectivity index (χ0n) is 11.1. The van der Waals surface area contributed by atoms with Gasteiger partial charge in [0.15, 0.2) is 0 Å². The maximum Gasteiger partial charge on any atom is 0.250 e. The van der Waals surface area contributed by atoms with Crippen LogP contribution in [0.4, 0.5) is 5.69 Å². The van der Waals surface area contributed by atoms with E-state index < -0.39 is 5.91 Å². The lowest BCUT2D eigenvalue weighted by molar-refractivity contribution is 0.100. The third-order valence-electron chi connectivity index (χ3n) is 3.27. The van der Waals surface area contributed by atoms with Crippen molar-refractivity contribution >= 4 is 34.2 Å². The van der Waals surface area contributed by atoms with Gasteiger partial charge in [0.2, 0.25) is 5.91 Å². The number of aromatic amines is 1. The summed E-state index contributed by atoms with van der Waals surface area (Å²) < 4.78 is 0. The average Bonchev–Trinajstić information content (AvgIpc) is 2.93. The molecule has 0 atom stereocenters. The summed E-state index contributed by atoms with van der Waals surface area (Å²) in [5, 5.41) is 4.69. The van der Waals surface area contributed by atoms with Crippen molar-refractivity contribution in [2.24, 2.45) is 5.73 Å². The number of rotatable bonds is 4. The number of nitrogens with one attached hydrogen (secondary N) is 2. The van der Waals surface area contributed by atoms with E-state index in [9.17, 15) is 4.79 Å². The zero-order valence-corrected chi connectivity index (χ0v) is 11.8. The van der Waals surface area contributed by atoms with E-state index in [2.05, 4.69) is 15.3 Å². The molecule has 0 saturated heterocycles. The van der Waals surface area contributed by atoms with Gasteiger partial charge in [-0.2, -0.15) is 0 Å². The lowest BCUT2D eigenvalue weighted by Gasteiger charge is -2.09. The maximum atomic E-state index is 11.1. The third-order valence-corrected chi connectivity index (χ3v) is 3.58. The molecular weight excluding hydrogens is 288 g/mol. The minimum atomic E-state index is -0.533. The van der Waals surface area contributed by atoms with Crippen LogP contribution in [0, 0.1) is 0 Å². The molecule has 1 amide bonds. The minimum Gasteiger partial charge on any atom is -0.381 e. The lowest BCUT2D eigenvalue weighted by atomic mass is 10.1. The molecule has 0 bridgehead atoms. The highest BCUT2D eigenvalue weighted by atomic mass is 35.5. The number of nitrogens with two attached hydrogens (primary N) is 1. The molecule has 4 N–H and O–H groups in total. The molecule has 106 valence electrons. The van der Waals surface area contributed by atoms with Crippen molar-refractivity contribution in [1.29, 1.82) is 0 Å². The first-order valence-corrected chi connectivity index (χ1v) is 6.77. The highest BCUT2D eigenvalue weighted by Gasteiger charge is 2.07. The molecule has 21 heavy (non-hydrogen) atoms. The number of benzene rings is 1. The topological polar surface area (TPSA) is 83.8 Å². The molecule has 0 aliphatic carbocycles. The fraction of sp³-hybridized carbons (Fsp3) is 0.0667. The standard InChI is InChI=1S/C15H13ClN4O/c16-13-7-10(1-2-12(13)14(17)21)20-8-9-3-5-18-15-11(9)4-6-19-15/h1-7,20H,8H2,(H2,17,21)(H,18,19). The molecule has 2 aromatic heterocycles. The van der Waals surface area contributed by atoms with Crippen LogP contribution < -0.4 is 11.1 Å². The second kappa shape index (κ2) is 5.46. The number of nitrogens with zero attached hydrogens (tertiary/aromatic N) is 1. The maximum absolute atomic E-state index is 11.1. The number of H-pyrrole nitrogens is 1. The predicted molar refractivity (Wildman–Crippen MR) is 83.4 cm³/mol. The summed E-state index contributed by atoms with van der Waals surface area (Å²) in [6, 6.07) is 9.04. The van der Waals surface area contributed by atoms with E-state index in [1.165, 1.54) is 0 Å². The Morgan fingerprint density at radius 2 is 2.19 bits per heavy atom. The molecule has 0 fully saturated rings. The van der Waals surface area contributed by atoms with E-state index in [1.54, 1.807) is 24.4 Å². The van der Waals surface area contributed by atoms with Crippen LogP contribution in [0.25, 0.3) is 11.0 Å². The number of anilines is 1.